The van der Waals surface area contributed by atoms with Gasteiger partial charge in [-0.25, -0.2) is 0 Å². The number of rotatable bonds is 4. The van der Waals surface area contributed by atoms with E-state index < -0.39 is 10.8 Å². The highest BCUT2D eigenvalue weighted by atomic mass is 16.7. The van der Waals surface area contributed by atoms with Crippen molar-refractivity contribution in [3.63, 3.8) is 0 Å². The number of nitrogens with one attached hydrogen (secondary N) is 1. The number of nitro benzene ring substituents is 1. The van der Waals surface area contributed by atoms with E-state index in [4.69, 9.17) is 13.9 Å². The molecule has 0 radical (unpaired) electrons. The lowest BCUT2D eigenvalue weighted by atomic mass is 10.0. The van der Waals surface area contributed by atoms with E-state index >= 15 is 0 Å². The topological polar surface area (TPSA) is 121 Å². The summed E-state index contributed by atoms with van der Waals surface area (Å²) in [6.45, 7) is 0.0782. The Morgan fingerprint density at radius 1 is 0.969 bits per heavy atom. The number of fused-ring (bicyclic) bond motifs is 2. The van der Waals surface area contributed by atoms with Gasteiger partial charge in [-0.15, -0.1) is 0 Å². The molecule has 9 heteroatoms. The molecule has 0 bridgehead atoms. The second-order valence-corrected chi connectivity index (χ2v) is 6.96. The van der Waals surface area contributed by atoms with Gasteiger partial charge in [0, 0.05) is 17.7 Å². The van der Waals surface area contributed by atoms with Gasteiger partial charge in [-0.05, 0) is 42.0 Å². The minimum atomic E-state index is -0.583. The van der Waals surface area contributed by atoms with Crippen LogP contribution in [-0.4, -0.2) is 17.6 Å². The first-order chi connectivity index (χ1) is 15.5. The lowest BCUT2D eigenvalue weighted by Crippen LogP contribution is -2.16. The van der Waals surface area contributed by atoms with Crippen molar-refractivity contribution in [2.75, 3.05) is 12.1 Å². The van der Waals surface area contributed by atoms with Crippen LogP contribution in [0, 0.1) is 10.1 Å². The normalized spacial score (nSPS) is 12.0. The molecular formula is C23H14N2O7. The van der Waals surface area contributed by atoms with Crippen LogP contribution >= 0.6 is 0 Å². The molecule has 158 valence electrons. The van der Waals surface area contributed by atoms with Gasteiger partial charge in [0.2, 0.25) is 18.1 Å². The zero-order valence-corrected chi connectivity index (χ0v) is 16.4. The molecule has 5 rings (SSSR count). The maximum atomic E-state index is 13.3. The Kier molecular flexibility index (Phi) is 4.55. The molecular weight excluding hydrogens is 416 g/mol. The number of amides is 1. The van der Waals surface area contributed by atoms with Crippen molar-refractivity contribution < 1.29 is 23.6 Å². The molecule has 2 heterocycles. The zero-order valence-electron chi connectivity index (χ0n) is 16.4. The number of nitro groups is 1. The fraction of sp³-hybridized carbons (Fsp3) is 0.0435. The van der Waals surface area contributed by atoms with Crippen molar-refractivity contribution in [1.82, 2.24) is 0 Å². The van der Waals surface area contributed by atoms with Crippen LogP contribution in [0.5, 0.6) is 11.5 Å². The van der Waals surface area contributed by atoms with Crippen LogP contribution in [0.2, 0.25) is 0 Å². The lowest BCUT2D eigenvalue weighted by Gasteiger charge is -2.12. The van der Waals surface area contributed by atoms with E-state index in [9.17, 15) is 19.7 Å². The molecule has 0 spiro atoms. The van der Waals surface area contributed by atoms with Gasteiger partial charge in [0.25, 0.3) is 11.6 Å². The Bertz CT molecular complexity index is 1440. The molecule has 9 nitrogen and oxygen atoms in total. The molecule has 1 aliphatic rings. The summed E-state index contributed by atoms with van der Waals surface area (Å²) in [5.74, 6) is 0.398. The van der Waals surface area contributed by atoms with E-state index in [1.807, 2.05) is 0 Å². The van der Waals surface area contributed by atoms with E-state index in [0.29, 0.717) is 28.0 Å². The molecule has 0 atom stereocenters. The Morgan fingerprint density at radius 2 is 1.72 bits per heavy atom. The van der Waals surface area contributed by atoms with E-state index in [-0.39, 0.29) is 34.9 Å². The first kappa shape index (κ1) is 19.3. The fourth-order valence-electron chi connectivity index (χ4n) is 3.45. The van der Waals surface area contributed by atoms with Crippen molar-refractivity contribution >= 4 is 28.4 Å². The summed E-state index contributed by atoms with van der Waals surface area (Å²) in [6, 6.07) is 16.8. The quantitative estimate of drug-likeness (QED) is 0.377. The third kappa shape index (κ3) is 3.31. The maximum absolute atomic E-state index is 13.3. The van der Waals surface area contributed by atoms with Crippen LogP contribution in [-0.2, 0) is 0 Å². The molecule has 0 fully saturated rings. The second kappa shape index (κ2) is 7.55. The molecule has 0 saturated carbocycles. The van der Waals surface area contributed by atoms with Gasteiger partial charge < -0.3 is 13.9 Å². The van der Waals surface area contributed by atoms with E-state index in [2.05, 4.69) is 5.32 Å². The number of benzene rings is 3. The highest BCUT2D eigenvalue weighted by Crippen LogP contribution is 2.37. The first-order valence-electron chi connectivity index (χ1n) is 9.53. The van der Waals surface area contributed by atoms with Crippen LogP contribution in [0.4, 0.5) is 11.6 Å². The monoisotopic (exact) mass is 430 g/mol. The van der Waals surface area contributed by atoms with Crippen LogP contribution in [0.15, 0.2) is 75.9 Å². The Balaban J connectivity index is 1.61. The number of para-hydroxylation sites is 1. The molecule has 32 heavy (non-hydrogen) atoms. The summed E-state index contributed by atoms with van der Waals surface area (Å²) in [5, 5.41) is 13.8. The van der Waals surface area contributed by atoms with Gasteiger partial charge in [-0.2, -0.15) is 0 Å². The average Bonchev–Trinajstić information content (AvgIpc) is 3.27. The van der Waals surface area contributed by atoms with Gasteiger partial charge in [0.05, 0.1) is 15.9 Å². The SMILES string of the molecule is O=C(Nc1oc2ccccc2c(=O)c1-c1ccc2c(c1)OCO2)c1ccc([N+](=O)[O-])cc1. The van der Waals surface area contributed by atoms with E-state index in [1.165, 1.54) is 24.3 Å². The summed E-state index contributed by atoms with van der Waals surface area (Å²) in [4.78, 5) is 36.5. The van der Waals surface area contributed by atoms with Crippen LogP contribution in [0.25, 0.3) is 22.1 Å². The predicted octanol–water partition coefficient (Wildman–Crippen LogP) is 4.35. The molecule has 3 aromatic carbocycles. The third-order valence-electron chi connectivity index (χ3n) is 5.03. The molecule has 1 aromatic heterocycles. The smallest absolute Gasteiger partial charge is 0.269 e. The molecule has 1 aliphatic heterocycles. The average molecular weight is 430 g/mol. The highest BCUT2D eigenvalue weighted by molar-refractivity contribution is 6.06. The molecule has 1 amide bonds. The molecule has 0 saturated heterocycles. The van der Waals surface area contributed by atoms with Crippen molar-refractivity contribution in [1.29, 1.82) is 0 Å². The number of carbonyl (C=O) groups is 1. The Labute approximate surface area is 180 Å². The van der Waals surface area contributed by atoms with Crippen molar-refractivity contribution in [2.24, 2.45) is 0 Å². The summed E-state index contributed by atoms with van der Waals surface area (Å²) < 4.78 is 16.6. The van der Waals surface area contributed by atoms with Gasteiger partial charge in [0.1, 0.15) is 5.58 Å². The second-order valence-electron chi connectivity index (χ2n) is 6.96. The standard InChI is InChI=1S/C23H14N2O7/c26-21-16-3-1-2-4-17(16)32-23(20(21)14-7-10-18-19(11-14)31-12-30-18)24-22(27)13-5-8-15(9-6-13)25(28)29/h1-11H,12H2,(H,24,27). The summed E-state index contributed by atoms with van der Waals surface area (Å²) in [6.07, 6.45) is 0. The van der Waals surface area contributed by atoms with Crippen LogP contribution in [0.3, 0.4) is 0 Å². The van der Waals surface area contributed by atoms with Crippen molar-refractivity contribution in [2.45, 2.75) is 0 Å². The van der Waals surface area contributed by atoms with Crippen molar-refractivity contribution in [3.05, 3.63) is 92.6 Å². The van der Waals surface area contributed by atoms with E-state index in [0.717, 1.165) is 0 Å². The number of hydrogen-bond acceptors (Lipinski definition) is 7. The minimum Gasteiger partial charge on any atom is -0.454 e. The lowest BCUT2D eigenvalue weighted by molar-refractivity contribution is -0.384. The van der Waals surface area contributed by atoms with Crippen molar-refractivity contribution in [3.8, 4) is 22.6 Å². The van der Waals surface area contributed by atoms with Gasteiger partial charge in [0.15, 0.2) is 11.5 Å². The Morgan fingerprint density at radius 3 is 2.50 bits per heavy atom. The third-order valence-corrected chi connectivity index (χ3v) is 5.03. The molecule has 4 aromatic rings. The number of carbonyl (C=O) groups excluding carboxylic acids is 1. The first-order valence-corrected chi connectivity index (χ1v) is 9.53. The largest absolute Gasteiger partial charge is 0.454 e. The predicted molar refractivity (Wildman–Crippen MR) is 115 cm³/mol. The zero-order chi connectivity index (χ0) is 22.2. The number of non-ortho nitro benzene ring substituents is 1. The summed E-state index contributed by atoms with van der Waals surface area (Å²) in [7, 11) is 0. The number of hydrogen-bond donors (Lipinski definition) is 1. The molecule has 0 unspecified atom stereocenters. The fourth-order valence-corrected chi connectivity index (χ4v) is 3.45. The van der Waals surface area contributed by atoms with E-state index in [1.54, 1.807) is 42.5 Å². The Hall–Kier alpha value is -4.66. The van der Waals surface area contributed by atoms with Gasteiger partial charge >= 0.3 is 0 Å². The molecule has 0 aliphatic carbocycles. The number of anilines is 1. The number of nitrogens with zero attached hydrogens (tertiary/aromatic N) is 1. The van der Waals surface area contributed by atoms with Crippen LogP contribution < -0.4 is 20.2 Å². The van der Waals surface area contributed by atoms with Gasteiger partial charge in [-0.3, -0.25) is 25.0 Å². The summed E-state index contributed by atoms with van der Waals surface area (Å²) >= 11 is 0. The summed E-state index contributed by atoms with van der Waals surface area (Å²) in [5.41, 5.74) is 0.638. The van der Waals surface area contributed by atoms with Crippen LogP contribution in [0.1, 0.15) is 10.4 Å². The highest BCUT2D eigenvalue weighted by Gasteiger charge is 2.22. The molecule has 1 N–H and O–H groups in total. The maximum Gasteiger partial charge on any atom is 0.269 e. The number of ether oxygens (including phenoxy) is 2. The van der Waals surface area contributed by atoms with Gasteiger partial charge in [-0.1, -0.05) is 18.2 Å². The minimum absolute atomic E-state index is 0.0454.